The zero-order chi connectivity index (χ0) is 12.7. The topological polar surface area (TPSA) is 63.2 Å². The lowest BCUT2D eigenvalue weighted by Crippen LogP contribution is -2.23. The third kappa shape index (κ3) is 4.40. The number of methoxy groups -OCH3 is 1. The molecule has 1 atom stereocenters. The molecule has 1 aromatic heterocycles. The molecule has 0 amide bonds. The quantitative estimate of drug-likeness (QED) is 0.726. The molecule has 0 aliphatic carbocycles. The van der Waals surface area contributed by atoms with Gasteiger partial charge in [-0.15, -0.1) is 0 Å². The van der Waals surface area contributed by atoms with Gasteiger partial charge < -0.3 is 15.4 Å². The second-order valence-corrected chi connectivity index (χ2v) is 3.97. The summed E-state index contributed by atoms with van der Waals surface area (Å²) in [6, 6.07) is 3.33. The van der Waals surface area contributed by atoms with E-state index in [0.717, 1.165) is 13.1 Å². The summed E-state index contributed by atoms with van der Waals surface area (Å²) >= 11 is 0. The molecule has 1 heterocycles. The number of rotatable bonds is 6. The highest BCUT2D eigenvalue weighted by molar-refractivity contribution is 5.89. The summed E-state index contributed by atoms with van der Waals surface area (Å²) in [5.41, 5.74) is 0.506. The predicted molar refractivity (Wildman–Crippen MR) is 67.2 cm³/mol. The van der Waals surface area contributed by atoms with Crippen molar-refractivity contribution < 1.29 is 9.53 Å². The van der Waals surface area contributed by atoms with Gasteiger partial charge in [0.2, 0.25) is 0 Å². The number of hydrogen-bond donors (Lipinski definition) is 2. The molecule has 2 N–H and O–H groups in total. The first-order valence-electron chi connectivity index (χ1n) is 5.60. The number of anilines is 1. The normalized spacial score (nSPS) is 11.9. The summed E-state index contributed by atoms with van der Waals surface area (Å²) in [4.78, 5) is 15.5. The maximum Gasteiger partial charge on any atom is 0.338 e. The van der Waals surface area contributed by atoms with Crippen molar-refractivity contribution in [2.24, 2.45) is 5.92 Å². The lowest BCUT2D eigenvalue weighted by Gasteiger charge is -2.12. The number of ether oxygens (including phenoxy) is 1. The molecule has 1 rings (SSSR count). The fourth-order valence-electron chi connectivity index (χ4n) is 1.47. The van der Waals surface area contributed by atoms with Crippen molar-refractivity contribution in [1.82, 2.24) is 10.3 Å². The van der Waals surface area contributed by atoms with E-state index < -0.39 is 0 Å². The van der Waals surface area contributed by atoms with Crippen molar-refractivity contribution in [1.29, 1.82) is 0 Å². The van der Waals surface area contributed by atoms with E-state index in [-0.39, 0.29) is 5.97 Å². The van der Waals surface area contributed by atoms with Crippen LogP contribution in [0.2, 0.25) is 0 Å². The second-order valence-electron chi connectivity index (χ2n) is 3.97. The summed E-state index contributed by atoms with van der Waals surface area (Å²) in [6.07, 6.45) is 1.59. The molecule has 0 bridgehead atoms. The first-order valence-corrected chi connectivity index (χ1v) is 5.60. The summed E-state index contributed by atoms with van der Waals surface area (Å²) < 4.78 is 4.65. The molecule has 0 aromatic carbocycles. The average molecular weight is 237 g/mol. The van der Waals surface area contributed by atoms with Gasteiger partial charge in [-0.25, -0.2) is 9.78 Å². The average Bonchev–Trinajstić information content (AvgIpc) is 2.36. The molecule has 17 heavy (non-hydrogen) atoms. The van der Waals surface area contributed by atoms with Crippen LogP contribution in [0.4, 0.5) is 5.82 Å². The third-order valence-electron chi connectivity index (χ3n) is 2.37. The van der Waals surface area contributed by atoms with Crippen LogP contribution in [0.15, 0.2) is 18.3 Å². The first kappa shape index (κ1) is 13.4. The number of carbonyl (C=O) groups excluding carboxylic acids is 1. The Kier molecular flexibility index (Phi) is 5.42. The molecule has 1 aromatic rings. The minimum Gasteiger partial charge on any atom is -0.465 e. The van der Waals surface area contributed by atoms with Gasteiger partial charge in [-0.2, -0.15) is 0 Å². The van der Waals surface area contributed by atoms with Crippen LogP contribution in [0.1, 0.15) is 17.3 Å². The first-order chi connectivity index (χ1) is 8.17. The maximum atomic E-state index is 11.3. The van der Waals surface area contributed by atoms with Gasteiger partial charge in [-0.05, 0) is 31.6 Å². The van der Waals surface area contributed by atoms with Crippen LogP contribution in [0, 0.1) is 5.92 Å². The fourth-order valence-corrected chi connectivity index (χ4v) is 1.47. The van der Waals surface area contributed by atoms with E-state index in [1.807, 2.05) is 7.05 Å². The Hall–Kier alpha value is -1.62. The van der Waals surface area contributed by atoms with Gasteiger partial charge in [0.1, 0.15) is 5.82 Å². The third-order valence-corrected chi connectivity index (χ3v) is 2.37. The molecule has 5 heteroatoms. The lowest BCUT2D eigenvalue weighted by molar-refractivity contribution is 0.0600. The number of nitrogens with zero attached hydrogens (tertiary/aromatic N) is 1. The zero-order valence-electron chi connectivity index (χ0n) is 10.5. The van der Waals surface area contributed by atoms with Crippen molar-refractivity contribution in [2.75, 3.05) is 32.6 Å². The molecule has 0 fully saturated rings. The Morgan fingerprint density at radius 3 is 2.94 bits per heavy atom. The molecule has 0 saturated carbocycles. The van der Waals surface area contributed by atoms with E-state index in [2.05, 4.69) is 27.3 Å². The SMILES string of the molecule is CNCC(C)CNc1cc(C(=O)OC)ccn1. The lowest BCUT2D eigenvalue weighted by atomic mass is 10.2. The van der Waals surface area contributed by atoms with Crippen LogP contribution >= 0.6 is 0 Å². The highest BCUT2D eigenvalue weighted by Gasteiger charge is 2.07. The van der Waals surface area contributed by atoms with Crippen LogP contribution in [0.5, 0.6) is 0 Å². The van der Waals surface area contributed by atoms with Crippen LogP contribution in [-0.4, -0.2) is 38.2 Å². The van der Waals surface area contributed by atoms with Crippen LogP contribution in [-0.2, 0) is 4.74 Å². The van der Waals surface area contributed by atoms with Crippen molar-refractivity contribution in [3.63, 3.8) is 0 Å². The Morgan fingerprint density at radius 2 is 2.29 bits per heavy atom. The highest BCUT2D eigenvalue weighted by Crippen LogP contribution is 2.08. The van der Waals surface area contributed by atoms with Crippen LogP contribution in [0.25, 0.3) is 0 Å². The molecule has 0 radical (unpaired) electrons. The maximum absolute atomic E-state index is 11.3. The number of carbonyl (C=O) groups is 1. The molecule has 1 unspecified atom stereocenters. The summed E-state index contributed by atoms with van der Waals surface area (Å²) in [5.74, 6) is 0.832. The smallest absolute Gasteiger partial charge is 0.338 e. The monoisotopic (exact) mass is 237 g/mol. The number of nitrogens with one attached hydrogen (secondary N) is 2. The van der Waals surface area contributed by atoms with Gasteiger partial charge in [0.15, 0.2) is 0 Å². The van der Waals surface area contributed by atoms with Crippen molar-refractivity contribution in [3.8, 4) is 0 Å². The van der Waals surface area contributed by atoms with Crippen LogP contribution in [0.3, 0.4) is 0 Å². The van der Waals surface area contributed by atoms with Gasteiger partial charge in [0.25, 0.3) is 0 Å². The standard InChI is InChI=1S/C12H19N3O2/c1-9(7-13-2)8-15-11-6-10(4-5-14-11)12(16)17-3/h4-6,9,13H,7-8H2,1-3H3,(H,14,15). The van der Waals surface area contributed by atoms with Crippen molar-refractivity contribution >= 4 is 11.8 Å². The van der Waals surface area contributed by atoms with Gasteiger partial charge in [-0.3, -0.25) is 0 Å². The van der Waals surface area contributed by atoms with Crippen LogP contribution < -0.4 is 10.6 Å². The zero-order valence-corrected chi connectivity index (χ0v) is 10.5. The van der Waals surface area contributed by atoms with E-state index in [0.29, 0.717) is 17.3 Å². The van der Waals surface area contributed by atoms with E-state index in [1.165, 1.54) is 7.11 Å². The van der Waals surface area contributed by atoms with E-state index in [1.54, 1.807) is 18.3 Å². The highest BCUT2D eigenvalue weighted by atomic mass is 16.5. The Balaban J connectivity index is 2.57. The molecule has 0 aliphatic heterocycles. The van der Waals surface area contributed by atoms with Gasteiger partial charge in [0.05, 0.1) is 12.7 Å². The molecule has 0 aliphatic rings. The summed E-state index contributed by atoms with van der Waals surface area (Å²) in [5, 5.41) is 6.30. The molecular formula is C12H19N3O2. The minimum atomic E-state index is -0.348. The van der Waals surface area contributed by atoms with Gasteiger partial charge >= 0.3 is 5.97 Å². The van der Waals surface area contributed by atoms with Gasteiger partial charge in [-0.1, -0.05) is 6.92 Å². The minimum absolute atomic E-state index is 0.348. The van der Waals surface area contributed by atoms with Crippen molar-refractivity contribution in [2.45, 2.75) is 6.92 Å². The Morgan fingerprint density at radius 1 is 1.53 bits per heavy atom. The summed E-state index contributed by atoms with van der Waals surface area (Å²) in [6.45, 7) is 3.87. The van der Waals surface area contributed by atoms with Gasteiger partial charge in [0, 0.05) is 12.7 Å². The molecule has 94 valence electrons. The largest absolute Gasteiger partial charge is 0.465 e. The number of aromatic nitrogens is 1. The summed E-state index contributed by atoms with van der Waals surface area (Å²) in [7, 11) is 3.29. The van der Waals surface area contributed by atoms with E-state index >= 15 is 0 Å². The Bertz CT molecular complexity index is 369. The van der Waals surface area contributed by atoms with E-state index in [9.17, 15) is 4.79 Å². The molecule has 0 saturated heterocycles. The Labute approximate surface area is 102 Å². The fraction of sp³-hybridized carbons (Fsp3) is 0.500. The molecule has 0 spiro atoms. The van der Waals surface area contributed by atoms with Crippen molar-refractivity contribution in [3.05, 3.63) is 23.9 Å². The number of pyridine rings is 1. The second kappa shape index (κ2) is 6.85. The predicted octanol–water partition coefficient (Wildman–Crippen LogP) is 1.14. The number of esters is 1. The number of hydrogen-bond acceptors (Lipinski definition) is 5. The molecular weight excluding hydrogens is 218 g/mol. The van der Waals surface area contributed by atoms with E-state index in [4.69, 9.17) is 0 Å². The molecule has 5 nitrogen and oxygen atoms in total.